The van der Waals surface area contributed by atoms with Gasteiger partial charge >= 0.3 is 29.6 Å². The number of ether oxygens (including phenoxy) is 2. The van der Waals surface area contributed by atoms with Crippen LogP contribution in [0.25, 0.3) is 0 Å². The number of hydrogen-bond donors (Lipinski definition) is 0. The Bertz CT molecular complexity index is 212. The van der Waals surface area contributed by atoms with Crippen molar-refractivity contribution in [3.63, 3.8) is 0 Å². The van der Waals surface area contributed by atoms with Crippen LogP contribution in [0.4, 0.5) is 0 Å². The second-order valence-electron chi connectivity index (χ2n) is 3.92. The van der Waals surface area contributed by atoms with Crippen molar-refractivity contribution >= 4 is 5.97 Å². The Kier molecular flexibility index (Phi) is 3.98. The molecule has 1 fully saturated rings. The van der Waals surface area contributed by atoms with Gasteiger partial charge in [0.2, 0.25) is 0 Å². The number of carboxylic acids is 1. The van der Waals surface area contributed by atoms with E-state index in [9.17, 15) is 9.90 Å². The fourth-order valence-electron chi connectivity index (χ4n) is 1.47. The molecule has 1 heterocycles. The number of rotatable bonds is 1. The minimum absolute atomic E-state index is 0. The monoisotopic (exact) mass is 196 g/mol. The molecule has 0 radical (unpaired) electrons. The molecule has 13 heavy (non-hydrogen) atoms. The predicted molar refractivity (Wildman–Crippen MR) is 39.1 cm³/mol. The fourth-order valence-corrected chi connectivity index (χ4v) is 1.47. The first-order valence-corrected chi connectivity index (χ1v) is 3.83. The number of carbonyl (C=O) groups is 1. The quantitative estimate of drug-likeness (QED) is 0.412. The summed E-state index contributed by atoms with van der Waals surface area (Å²) in [6, 6.07) is 0. The number of aliphatic carboxylic acids is 1. The summed E-state index contributed by atoms with van der Waals surface area (Å²) < 4.78 is 10.5. The molecule has 1 aliphatic heterocycles. The van der Waals surface area contributed by atoms with Crippen LogP contribution in [0.15, 0.2) is 0 Å². The zero-order valence-corrected chi connectivity index (χ0v) is 10.7. The number of carbonyl (C=O) groups excluding carboxylic acids is 1. The predicted octanol–water partition coefficient (Wildman–Crippen LogP) is -3.33. The molecular weight excluding hydrogens is 183 g/mol. The molecule has 0 aromatic heterocycles. The van der Waals surface area contributed by atoms with Crippen LogP contribution in [0.3, 0.4) is 0 Å². The van der Waals surface area contributed by atoms with E-state index in [4.69, 9.17) is 9.47 Å². The normalized spacial score (nSPS) is 29.4. The summed E-state index contributed by atoms with van der Waals surface area (Å²) >= 11 is 0. The van der Waals surface area contributed by atoms with Gasteiger partial charge in [0.05, 0.1) is 11.6 Å². The fraction of sp³-hybridized carbons (Fsp3) is 0.875. The first-order chi connectivity index (χ1) is 5.25. The van der Waals surface area contributed by atoms with Gasteiger partial charge in [-0.2, -0.15) is 0 Å². The van der Waals surface area contributed by atoms with Crippen LogP contribution in [0.5, 0.6) is 0 Å². The van der Waals surface area contributed by atoms with Gasteiger partial charge in [-0.25, -0.2) is 0 Å². The van der Waals surface area contributed by atoms with E-state index >= 15 is 0 Å². The molecule has 0 saturated carbocycles. The van der Waals surface area contributed by atoms with Crippen molar-refractivity contribution in [3.05, 3.63) is 0 Å². The molecule has 1 atom stereocenters. The summed E-state index contributed by atoms with van der Waals surface area (Å²) in [5, 5.41) is 10.6. The Labute approximate surface area is 99.9 Å². The SMILES string of the molecule is CC1(C)O[C@H](C(=O)[O-])C(C)(C)O1.[Na+]. The maximum absolute atomic E-state index is 10.6. The van der Waals surface area contributed by atoms with E-state index in [1.54, 1.807) is 27.7 Å². The molecule has 0 aliphatic carbocycles. The first-order valence-electron chi connectivity index (χ1n) is 3.83. The Hall–Kier alpha value is 0.390. The van der Waals surface area contributed by atoms with Crippen molar-refractivity contribution in [1.82, 2.24) is 0 Å². The van der Waals surface area contributed by atoms with Gasteiger partial charge in [-0.1, -0.05) is 0 Å². The Balaban J connectivity index is 0.00000144. The topological polar surface area (TPSA) is 58.6 Å². The van der Waals surface area contributed by atoms with Crippen LogP contribution < -0.4 is 34.7 Å². The Morgan fingerprint density at radius 3 is 1.92 bits per heavy atom. The average Bonchev–Trinajstić information content (AvgIpc) is 1.99. The van der Waals surface area contributed by atoms with Gasteiger partial charge < -0.3 is 19.4 Å². The minimum Gasteiger partial charge on any atom is -0.547 e. The molecule has 0 aromatic rings. The first kappa shape index (κ1) is 13.4. The van der Waals surface area contributed by atoms with E-state index in [2.05, 4.69) is 0 Å². The minimum atomic E-state index is -1.23. The maximum Gasteiger partial charge on any atom is 1.00 e. The Morgan fingerprint density at radius 2 is 1.77 bits per heavy atom. The Morgan fingerprint density at radius 1 is 1.31 bits per heavy atom. The second kappa shape index (κ2) is 3.87. The van der Waals surface area contributed by atoms with Crippen LogP contribution in [-0.2, 0) is 14.3 Å². The standard InChI is InChI=1S/C8H14O4.Na/c1-7(2)5(6(9)10)11-8(3,4)12-7;/h5H,1-4H3,(H,9,10);/q;+1/p-1/t5-;/m1./s1. The van der Waals surface area contributed by atoms with Crippen LogP contribution >= 0.6 is 0 Å². The van der Waals surface area contributed by atoms with Crippen molar-refractivity contribution in [2.45, 2.75) is 45.2 Å². The summed E-state index contributed by atoms with van der Waals surface area (Å²) in [6.45, 7) is 6.69. The third-order valence-corrected chi connectivity index (χ3v) is 1.76. The van der Waals surface area contributed by atoms with Crippen LogP contribution in [0.2, 0.25) is 0 Å². The van der Waals surface area contributed by atoms with Gasteiger partial charge in [0.15, 0.2) is 5.79 Å². The molecule has 1 rings (SSSR count). The van der Waals surface area contributed by atoms with Crippen LogP contribution in [-0.4, -0.2) is 23.5 Å². The average molecular weight is 196 g/mol. The molecule has 1 aliphatic rings. The van der Waals surface area contributed by atoms with E-state index in [0.717, 1.165) is 0 Å². The van der Waals surface area contributed by atoms with Gasteiger partial charge in [-0.3, -0.25) is 0 Å². The summed E-state index contributed by atoms with van der Waals surface area (Å²) in [7, 11) is 0. The van der Waals surface area contributed by atoms with Gasteiger partial charge in [-0.05, 0) is 27.7 Å². The zero-order valence-electron chi connectivity index (χ0n) is 8.71. The molecule has 4 nitrogen and oxygen atoms in total. The molecular formula is C8H13NaO4. The molecule has 0 bridgehead atoms. The summed E-state index contributed by atoms with van der Waals surface area (Å²) in [4.78, 5) is 10.6. The van der Waals surface area contributed by atoms with E-state index in [1.807, 2.05) is 0 Å². The van der Waals surface area contributed by atoms with Gasteiger partial charge in [0.1, 0.15) is 6.10 Å². The smallest absolute Gasteiger partial charge is 0.547 e. The van der Waals surface area contributed by atoms with Crippen LogP contribution in [0, 0.1) is 0 Å². The molecule has 0 aromatic carbocycles. The third kappa shape index (κ3) is 2.92. The van der Waals surface area contributed by atoms with Crippen molar-refractivity contribution in [2.75, 3.05) is 0 Å². The molecule has 70 valence electrons. The number of carboxylic acid groups (broad SMARTS) is 1. The largest absolute Gasteiger partial charge is 1.00 e. The van der Waals surface area contributed by atoms with Gasteiger partial charge in [0.25, 0.3) is 0 Å². The van der Waals surface area contributed by atoms with Crippen LogP contribution in [0.1, 0.15) is 27.7 Å². The molecule has 0 amide bonds. The van der Waals surface area contributed by atoms with Crippen molar-refractivity contribution in [1.29, 1.82) is 0 Å². The summed E-state index contributed by atoms with van der Waals surface area (Å²) in [6.07, 6.45) is -0.993. The molecule has 0 spiro atoms. The second-order valence-corrected chi connectivity index (χ2v) is 3.92. The summed E-state index contributed by atoms with van der Waals surface area (Å²) in [5.74, 6) is -2.07. The van der Waals surface area contributed by atoms with Gasteiger partial charge in [0, 0.05) is 0 Å². The van der Waals surface area contributed by atoms with E-state index in [1.165, 1.54) is 0 Å². The van der Waals surface area contributed by atoms with E-state index in [-0.39, 0.29) is 29.6 Å². The maximum atomic E-state index is 10.6. The third-order valence-electron chi connectivity index (χ3n) is 1.76. The molecule has 0 N–H and O–H groups in total. The van der Waals surface area contributed by atoms with Crippen molar-refractivity contribution < 1.29 is 48.9 Å². The van der Waals surface area contributed by atoms with E-state index < -0.39 is 23.5 Å². The number of hydrogen-bond acceptors (Lipinski definition) is 4. The summed E-state index contributed by atoms with van der Waals surface area (Å²) in [5.41, 5.74) is -0.817. The molecule has 5 heteroatoms. The van der Waals surface area contributed by atoms with E-state index in [0.29, 0.717) is 0 Å². The van der Waals surface area contributed by atoms with Crippen molar-refractivity contribution in [3.8, 4) is 0 Å². The van der Waals surface area contributed by atoms with Gasteiger partial charge in [-0.15, -0.1) is 0 Å². The zero-order chi connectivity index (χ0) is 9.57. The molecule has 1 saturated heterocycles. The molecule has 0 unspecified atom stereocenters. The van der Waals surface area contributed by atoms with Crippen molar-refractivity contribution in [2.24, 2.45) is 0 Å².